The molecule has 6 heteroatoms. The van der Waals surface area contributed by atoms with Gasteiger partial charge in [-0.1, -0.05) is 19.9 Å². The van der Waals surface area contributed by atoms with Crippen LogP contribution in [0.3, 0.4) is 0 Å². The zero-order valence-electron chi connectivity index (χ0n) is 7.79. The van der Waals surface area contributed by atoms with Crippen molar-refractivity contribution in [1.82, 2.24) is 0 Å². The Morgan fingerprint density at radius 1 is 1.36 bits per heavy atom. The van der Waals surface area contributed by atoms with Crippen molar-refractivity contribution in [3.63, 3.8) is 0 Å². The molecular formula is C8H11FINO2S. The average Bonchev–Trinajstić information content (AvgIpc) is 2.05. The maximum Gasteiger partial charge on any atom is 0.242 e. The molecule has 0 bridgehead atoms. The van der Waals surface area contributed by atoms with Gasteiger partial charge in [0.25, 0.3) is 0 Å². The van der Waals surface area contributed by atoms with Crippen LogP contribution in [0.15, 0.2) is 23.1 Å². The molecule has 14 heavy (non-hydrogen) atoms. The van der Waals surface area contributed by atoms with Crippen molar-refractivity contribution < 1.29 is 12.8 Å². The molecule has 1 rings (SSSR count). The quantitative estimate of drug-likeness (QED) is 0.801. The smallest absolute Gasteiger partial charge is 0.225 e. The first kappa shape index (κ1) is 13.8. The molecule has 0 heterocycles. The van der Waals surface area contributed by atoms with E-state index in [1.165, 1.54) is 12.1 Å². The first-order valence-electron chi connectivity index (χ1n) is 3.90. The number of hydrogen-bond donors (Lipinski definition) is 1. The molecule has 80 valence electrons. The summed E-state index contributed by atoms with van der Waals surface area (Å²) < 4.78 is 34.8. The van der Waals surface area contributed by atoms with Crippen LogP contribution >= 0.6 is 22.6 Å². The second-order valence-corrected chi connectivity index (χ2v) is 4.76. The third-order valence-corrected chi connectivity index (χ3v) is 3.45. The van der Waals surface area contributed by atoms with Crippen molar-refractivity contribution in [2.24, 2.45) is 5.14 Å². The van der Waals surface area contributed by atoms with Gasteiger partial charge in [0.1, 0.15) is 10.7 Å². The average molecular weight is 331 g/mol. The standard InChI is InChI=1S/C6H5FINO2S.C2H6/c7-4-2-1-3-5(8)6(4)12(9,10)11;1-2/h1-3H,(H2,9,10,11);1-2H3. The van der Waals surface area contributed by atoms with Gasteiger partial charge in [0.05, 0.1) is 0 Å². The molecule has 3 nitrogen and oxygen atoms in total. The van der Waals surface area contributed by atoms with Gasteiger partial charge in [0, 0.05) is 3.57 Å². The van der Waals surface area contributed by atoms with Crippen molar-refractivity contribution in [2.75, 3.05) is 0 Å². The Labute approximate surface area is 96.7 Å². The summed E-state index contributed by atoms with van der Waals surface area (Å²) in [6.07, 6.45) is 0. The van der Waals surface area contributed by atoms with E-state index in [1.54, 1.807) is 22.6 Å². The van der Waals surface area contributed by atoms with E-state index in [9.17, 15) is 12.8 Å². The Morgan fingerprint density at radius 3 is 2.14 bits per heavy atom. The molecule has 0 unspecified atom stereocenters. The molecule has 0 aliphatic rings. The van der Waals surface area contributed by atoms with Gasteiger partial charge in [-0.05, 0) is 34.7 Å². The van der Waals surface area contributed by atoms with Crippen LogP contribution in [0, 0.1) is 9.39 Å². The number of rotatable bonds is 1. The molecular weight excluding hydrogens is 320 g/mol. The number of nitrogens with two attached hydrogens (primary N) is 1. The summed E-state index contributed by atoms with van der Waals surface area (Å²) in [4.78, 5) is -0.439. The fourth-order valence-corrected chi connectivity index (χ4v) is 2.82. The van der Waals surface area contributed by atoms with Crippen LogP contribution in [0.2, 0.25) is 0 Å². The van der Waals surface area contributed by atoms with Crippen LogP contribution in [0.25, 0.3) is 0 Å². The summed E-state index contributed by atoms with van der Waals surface area (Å²) in [5.74, 6) is -0.815. The molecule has 0 aromatic heterocycles. The fourth-order valence-electron chi connectivity index (χ4n) is 0.754. The van der Waals surface area contributed by atoms with E-state index < -0.39 is 20.7 Å². The van der Waals surface area contributed by atoms with Crippen LogP contribution < -0.4 is 5.14 Å². The van der Waals surface area contributed by atoms with E-state index in [-0.39, 0.29) is 3.57 Å². The molecule has 0 amide bonds. The van der Waals surface area contributed by atoms with Crippen LogP contribution in [0.4, 0.5) is 4.39 Å². The lowest BCUT2D eigenvalue weighted by molar-refractivity contribution is 0.566. The molecule has 2 N–H and O–H groups in total. The molecule has 0 spiro atoms. The van der Waals surface area contributed by atoms with E-state index in [1.807, 2.05) is 13.8 Å². The SMILES string of the molecule is CC.NS(=O)(=O)c1c(F)cccc1I. The summed E-state index contributed by atoms with van der Waals surface area (Å²) in [6, 6.07) is 3.96. The Bertz CT molecular complexity index is 386. The van der Waals surface area contributed by atoms with Crippen LogP contribution in [-0.2, 0) is 10.0 Å². The predicted octanol–water partition coefficient (Wildman–Crippen LogP) is 2.10. The molecule has 0 aliphatic heterocycles. The Hall–Kier alpha value is -0.210. The second kappa shape index (κ2) is 5.62. The maximum absolute atomic E-state index is 12.9. The van der Waals surface area contributed by atoms with Crippen LogP contribution in [0.5, 0.6) is 0 Å². The molecule has 0 radical (unpaired) electrons. The largest absolute Gasteiger partial charge is 0.242 e. The summed E-state index contributed by atoms with van der Waals surface area (Å²) in [6.45, 7) is 4.00. The number of primary sulfonamides is 1. The monoisotopic (exact) mass is 331 g/mol. The zero-order valence-corrected chi connectivity index (χ0v) is 10.8. The summed E-state index contributed by atoms with van der Waals surface area (Å²) in [5.41, 5.74) is 0. The lowest BCUT2D eigenvalue weighted by Crippen LogP contribution is -2.15. The highest BCUT2D eigenvalue weighted by atomic mass is 127. The molecule has 1 aromatic rings. The number of sulfonamides is 1. The summed E-state index contributed by atoms with van der Waals surface area (Å²) in [7, 11) is -3.95. The minimum Gasteiger partial charge on any atom is -0.225 e. The van der Waals surface area contributed by atoms with E-state index in [4.69, 9.17) is 5.14 Å². The maximum atomic E-state index is 12.9. The Balaban J connectivity index is 0.000000791. The van der Waals surface area contributed by atoms with E-state index in [2.05, 4.69) is 0 Å². The summed E-state index contributed by atoms with van der Waals surface area (Å²) in [5, 5.41) is 4.79. The van der Waals surface area contributed by atoms with E-state index in [0.717, 1.165) is 6.07 Å². The van der Waals surface area contributed by atoms with Gasteiger partial charge < -0.3 is 0 Å². The third kappa shape index (κ3) is 3.50. The fraction of sp³-hybridized carbons (Fsp3) is 0.250. The molecule has 0 aliphatic carbocycles. The molecule has 0 saturated heterocycles. The molecule has 0 fully saturated rings. The first-order valence-corrected chi connectivity index (χ1v) is 6.52. The van der Waals surface area contributed by atoms with Crippen molar-refractivity contribution in [3.8, 4) is 0 Å². The van der Waals surface area contributed by atoms with Crippen molar-refractivity contribution >= 4 is 32.6 Å². The van der Waals surface area contributed by atoms with Crippen LogP contribution in [-0.4, -0.2) is 8.42 Å². The zero-order chi connectivity index (χ0) is 11.4. The number of halogens is 2. The van der Waals surface area contributed by atoms with Crippen molar-refractivity contribution in [2.45, 2.75) is 18.7 Å². The lowest BCUT2D eigenvalue weighted by Gasteiger charge is -2.01. The molecule has 1 aromatic carbocycles. The highest BCUT2D eigenvalue weighted by Crippen LogP contribution is 2.19. The van der Waals surface area contributed by atoms with Gasteiger partial charge in [-0.2, -0.15) is 0 Å². The normalized spacial score (nSPS) is 10.4. The number of hydrogen-bond acceptors (Lipinski definition) is 2. The van der Waals surface area contributed by atoms with Gasteiger partial charge >= 0.3 is 0 Å². The van der Waals surface area contributed by atoms with E-state index >= 15 is 0 Å². The summed E-state index contributed by atoms with van der Waals surface area (Å²) >= 11 is 1.71. The van der Waals surface area contributed by atoms with Crippen LogP contribution in [0.1, 0.15) is 13.8 Å². The first-order chi connectivity index (χ1) is 6.43. The molecule has 0 saturated carbocycles. The highest BCUT2D eigenvalue weighted by Gasteiger charge is 2.17. The van der Waals surface area contributed by atoms with Gasteiger partial charge in [0.2, 0.25) is 10.0 Å². The van der Waals surface area contributed by atoms with E-state index in [0.29, 0.717) is 0 Å². The Kier molecular flexibility index (Phi) is 5.53. The second-order valence-electron chi connectivity index (χ2n) is 2.10. The van der Waals surface area contributed by atoms with Gasteiger partial charge in [0.15, 0.2) is 0 Å². The number of benzene rings is 1. The predicted molar refractivity (Wildman–Crippen MR) is 61.8 cm³/mol. The van der Waals surface area contributed by atoms with Gasteiger partial charge in [-0.25, -0.2) is 17.9 Å². The van der Waals surface area contributed by atoms with Crippen molar-refractivity contribution in [1.29, 1.82) is 0 Å². The molecule has 0 atom stereocenters. The van der Waals surface area contributed by atoms with Gasteiger partial charge in [-0.3, -0.25) is 0 Å². The third-order valence-electron chi connectivity index (χ3n) is 1.20. The highest BCUT2D eigenvalue weighted by molar-refractivity contribution is 14.1. The van der Waals surface area contributed by atoms with Gasteiger partial charge in [-0.15, -0.1) is 0 Å². The minimum absolute atomic E-state index is 0.287. The Morgan fingerprint density at radius 2 is 1.86 bits per heavy atom. The van der Waals surface area contributed by atoms with Crippen molar-refractivity contribution in [3.05, 3.63) is 27.6 Å². The topological polar surface area (TPSA) is 60.2 Å². The lowest BCUT2D eigenvalue weighted by atomic mass is 10.3. The minimum atomic E-state index is -3.95.